The Kier molecular flexibility index (Phi) is 13.7. The summed E-state index contributed by atoms with van der Waals surface area (Å²) in [6, 6.07) is 14.9. The van der Waals surface area contributed by atoms with Gasteiger partial charge in [0.1, 0.15) is 17.9 Å². The number of carbonyl (C=O) groups excluding carboxylic acids is 2. The Bertz CT molecular complexity index is 1690. The van der Waals surface area contributed by atoms with Crippen molar-refractivity contribution in [1.82, 2.24) is 4.90 Å². The molecule has 0 aliphatic carbocycles. The van der Waals surface area contributed by atoms with Crippen molar-refractivity contribution in [2.45, 2.75) is 43.7 Å². The van der Waals surface area contributed by atoms with Crippen LogP contribution in [-0.2, 0) is 25.5 Å². The van der Waals surface area contributed by atoms with Crippen LogP contribution in [0.4, 0.5) is 0 Å². The number of aliphatic carboxylic acids is 1. The standard InChI is InChI=1S/C39H45NO11/c1-7-11-29(27-22-34(47-4)37(49-6)35(23-27)48-5)38(43)40-19-9-8-14-30(40)39(44)51-31(26-12-10-13-28(21-26)50-24-36(41)42)17-15-25-16-18-32(45-2)33(20-25)46-3/h7-10,12-13,16,18,20-23,29-31H,1,11,14-15,17,19,24H2,2-6H3,(H,41,42)/t29?,30?,31-/m1/s1. The SMILES string of the molecule is C=CCC(C(=O)N1CC=CCC1C(=O)O[C@H](CCc1ccc(OC)c(OC)c1)c1cccc(OCC(=O)O)c1)c1cc(OC)c(OC)c(OC)c1. The predicted molar refractivity (Wildman–Crippen MR) is 189 cm³/mol. The third-order valence-electron chi connectivity index (χ3n) is 8.54. The van der Waals surface area contributed by atoms with Gasteiger partial charge in [0.2, 0.25) is 11.7 Å². The number of hydrogen-bond donors (Lipinski definition) is 1. The molecule has 1 amide bonds. The molecule has 0 saturated heterocycles. The molecule has 0 radical (unpaired) electrons. The van der Waals surface area contributed by atoms with E-state index in [1.54, 1.807) is 62.8 Å². The van der Waals surface area contributed by atoms with Gasteiger partial charge in [-0.15, -0.1) is 6.58 Å². The molecule has 51 heavy (non-hydrogen) atoms. The molecular weight excluding hydrogens is 658 g/mol. The number of carboxylic acids is 1. The highest BCUT2D eigenvalue weighted by Gasteiger charge is 2.37. The van der Waals surface area contributed by atoms with E-state index in [2.05, 4.69) is 6.58 Å². The first-order valence-electron chi connectivity index (χ1n) is 16.4. The number of benzene rings is 3. The summed E-state index contributed by atoms with van der Waals surface area (Å²) in [7, 11) is 7.63. The van der Waals surface area contributed by atoms with Gasteiger partial charge in [0.05, 0.1) is 41.5 Å². The van der Waals surface area contributed by atoms with Crippen LogP contribution >= 0.6 is 0 Å². The molecule has 0 saturated carbocycles. The van der Waals surface area contributed by atoms with E-state index in [4.69, 9.17) is 38.3 Å². The molecule has 0 fully saturated rings. The minimum atomic E-state index is -1.12. The number of aryl methyl sites for hydroxylation is 1. The van der Waals surface area contributed by atoms with Crippen LogP contribution in [0.1, 0.15) is 48.0 Å². The lowest BCUT2D eigenvalue weighted by molar-refractivity contribution is -0.160. The zero-order chi connectivity index (χ0) is 36.9. The number of carboxylic acid groups (broad SMARTS) is 1. The Morgan fingerprint density at radius 3 is 2.20 bits per heavy atom. The Morgan fingerprint density at radius 2 is 1.57 bits per heavy atom. The third-order valence-corrected chi connectivity index (χ3v) is 8.54. The second-order valence-corrected chi connectivity index (χ2v) is 11.7. The molecule has 3 atom stereocenters. The summed E-state index contributed by atoms with van der Waals surface area (Å²) >= 11 is 0. The van der Waals surface area contributed by atoms with Gasteiger partial charge in [-0.1, -0.05) is 36.4 Å². The quantitative estimate of drug-likeness (QED) is 0.125. The molecule has 0 bridgehead atoms. The van der Waals surface area contributed by atoms with E-state index in [0.717, 1.165) is 5.56 Å². The molecule has 12 nitrogen and oxygen atoms in total. The van der Waals surface area contributed by atoms with Gasteiger partial charge >= 0.3 is 11.9 Å². The summed E-state index contributed by atoms with van der Waals surface area (Å²) in [4.78, 5) is 41.1. The van der Waals surface area contributed by atoms with Crippen molar-refractivity contribution in [2.75, 3.05) is 48.7 Å². The van der Waals surface area contributed by atoms with Crippen LogP contribution in [0.25, 0.3) is 0 Å². The molecule has 2 unspecified atom stereocenters. The average molecular weight is 704 g/mol. The Balaban J connectivity index is 1.64. The lowest BCUT2D eigenvalue weighted by Gasteiger charge is -2.35. The van der Waals surface area contributed by atoms with Crippen molar-refractivity contribution >= 4 is 17.8 Å². The number of amides is 1. The second-order valence-electron chi connectivity index (χ2n) is 11.7. The van der Waals surface area contributed by atoms with Crippen molar-refractivity contribution in [3.63, 3.8) is 0 Å². The minimum Gasteiger partial charge on any atom is -0.493 e. The molecule has 1 heterocycles. The van der Waals surface area contributed by atoms with Crippen LogP contribution < -0.4 is 28.4 Å². The van der Waals surface area contributed by atoms with E-state index in [1.165, 1.54) is 26.2 Å². The van der Waals surface area contributed by atoms with Gasteiger partial charge in [0, 0.05) is 6.54 Å². The van der Waals surface area contributed by atoms with Crippen LogP contribution in [0.2, 0.25) is 0 Å². The first kappa shape index (κ1) is 38.2. The van der Waals surface area contributed by atoms with Crippen molar-refractivity contribution < 1.29 is 52.6 Å². The molecule has 0 spiro atoms. The Hall–Kier alpha value is -5.65. The zero-order valence-electron chi connectivity index (χ0n) is 29.6. The van der Waals surface area contributed by atoms with Gasteiger partial charge in [-0.05, 0) is 78.8 Å². The maximum Gasteiger partial charge on any atom is 0.341 e. The van der Waals surface area contributed by atoms with Crippen LogP contribution in [0, 0.1) is 0 Å². The molecule has 0 aromatic heterocycles. The molecular formula is C39H45NO11. The van der Waals surface area contributed by atoms with Gasteiger partial charge in [-0.2, -0.15) is 0 Å². The van der Waals surface area contributed by atoms with Crippen LogP contribution in [0.3, 0.4) is 0 Å². The van der Waals surface area contributed by atoms with E-state index >= 15 is 0 Å². The molecule has 4 rings (SSSR count). The number of hydrogen-bond acceptors (Lipinski definition) is 10. The average Bonchev–Trinajstić information content (AvgIpc) is 3.16. The van der Waals surface area contributed by atoms with Gasteiger partial charge in [0.15, 0.2) is 29.6 Å². The van der Waals surface area contributed by atoms with Crippen molar-refractivity contribution in [3.8, 4) is 34.5 Å². The largest absolute Gasteiger partial charge is 0.493 e. The smallest absolute Gasteiger partial charge is 0.341 e. The molecule has 1 aliphatic heterocycles. The van der Waals surface area contributed by atoms with E-state index in [-0.39, 0.29) is 25.3 Å². The first-order valence-corrected chi connectivity index (χ1v) is 16.4. The molecule has 272 valence electrons. The number of ether oxygens (including phenoxy) is 7. The molecule has 1 N–H and O–H groups in total. The van der Waals surface area contributed by atoms with E-state index in [0.29, 0.717) is 58.5 Å². The fourth-order valence-corrected chi connectivity index (χ4v) is 5.98. The normalized spacial score (nSPS) is 14.8. The van der Waals surface area contributed by atoms with Gasteiger partial charge in [-0.3, -0.25) is 4.79 Å². The third kappa shape index (κ3) is 9.53. The highest BCUT2D eigenvalue weighted by Crippen LogP contribution is 2.41. The predicted octanol–water partition coefficient (Wildman–Crippen LogP) is 5.93. The maximum atomic E-state index is 14.3. The highest BCUT2D eigenvalue weighted by atomic mass is 16.5. The minimum absolute atomic E-state index is 0.200. The summed E-state index contributed by atoms with van der Waals surface area (Å²) in [5.74, 6) is -0.0312. The van der Waals surface area contributed by atoms with Crippen LogP contribution in [-0.4, -0.2) is 82.6 Å². The van der Waals surface area contributed by atoms with Gasteiger partial charge in [0.25, 0.3) is 0 Å². The van der Waals surface area contributed by atoms with Crippen molar-refractivity contribution in [3.05, 3.63) is 96.1 Å². The van der Waals surface area contributed by atoms with E-state index in [9.17, 15) is 14.4 Å². The van der Waals surface area contributed by atoms with E-state index < -0.39 is 36.6 Å². The van der Waals surface area contributed by atoms with E-state index in [1.807, 2.05) is 24.3 Å². The Labute approximate surface area is 298 Å². The van der Waals surface area contributed by atoms with Crippen molar-refractivity contribution in [1.29, 1.82) is 0 Å². The monoisotopic (exact) mass is 703 g/mol. The molecule has 12 heteroatoms. The summed E-state index contributed by atoms with van der Waals surface area (Å²) in [6.07, 6.45) is 6.00. The lowest BCUT2D eigenvalue weighted by atomic mass is 9.92. The summed E-state index contributed by atoms with van der Waals surface area (Å²) in [5, 5.41) is 9.12. The Morgan fingerprint density at radius 1 is 0.863 bits per heavy atom. The van der Waals surface area contributed by atoms with Crippen LogP contribution in [0.15, 0.2) is 79.4 Å². The summed E-state index contributed by atoms with van der Waals surface area (Å²) in [5.41, 5.74) is 2.14. The maximum absolute atomic E-state index is 14.3. The number of nitrogens with zero attached hydrogens (tertiary/aromatic N) is 1. The number of carbonyl (C=O) groups is 3. The molecule has 3 aromatic rings. The second kappa shape index (κ2) is 18.4. The number of rotatable bonds is 18. The highest BCUT2D eigenvalue weighted by molar-refractivity contribution is 5.90. The number of esters is 1. The first-order chi connectivity index (χ1) is 24.7. The molecule has 3 aromatic carbocycles. The summed E-state index contributed by atoms with van der Waals surface area (Å²) < 4.78 is 39.0. The summed E-state index contributed by atoms with van der Waals surface area (Å²) in [6.45, 7) is 3.55. The number of allylic oxidation sites excluding steroid dienone is 1. The zero-order valence-corrected chi connectivity index (χ0v) is 29.6. The number of methoxy groups -OCH3 is 5. The fraction of sp³-hybridized carbons (Fsp3) is 0.359. The van der Waals surface area contributed by atoms with Crippen molar-refractivity contribution in [2.24, 2.45) is 0 Å². The topological polar surface area (TPSA) is 139 Å². The molecule has 1 aliphatic rings. The van der Waals surface area contributed by atoms with Gasteiger partial charge < -0.3 is 43.2 Å². The fourth-order valence-electron chi connectivity index (χ4n) is 5.98. The lowest BCUT2D eigenvalue weighted by Crippen LogP contribution is -2.49. The van der Waals surface area contributed by atoms with Crippen LogP contribution in [0.5, 0.6) is 34.5 Å². The van der Waals surface area contributed by atoms with Gasteiger partial charge in [-0.25, -0.2) is 9.59 Å².